The molecule has 2 rings (SSSR count). The van der Waals surface area contributed by atoms with Crippen LogP contribution in [0.5, 0.6) is 0 Å². The van der Waals surface area contributed by atoms with Crippen molar-refractivity contribution in [2.75, 3.05) is 17.2 Å². The van der Waals surface area contributed by atoms with Gasteiger partial charge in [0, 0.05) is 18.0 Å². The summed E-state index contributed by atoms with van der Waals surface area (Å²) < 4.78 is 0. The number of rotatable bonds is 6. The third kappa shape index (κ3) is 3.38. The fraction of sp³-hybridized carbons (Fsp3) is 0.500. The number of nitrogens with zero attached hydrogens (tertiary/aromatic N) is 2. The minimum Gasteiger partial charge on any atom is -0.367 e. The van der Waals surface area contributed by atoms with Gasteiger partial charge in [-0.3, -0.25) is 0 Å². The van der Waals surface area contributed by atoms with Crippen molar-refractivity contribution in [1.82, 2.24) is 9.97 Å². The summed E-state index contributed by atoms with van der Waals surface area (Å²) in [6.45, 7) is 9.61. The molecule has 0 aliphatic heterocycles. The SMILES string of the molecule is CCCNc1nc(NC(C)C(C)C)c2ccccc2n1. The van der Waals surface area contributed by atoms with Crippen molar-refractivity contribution in [2.45, 2.75) is 40.2 Å². The number of nitrogens with one attached hydrogen (secondary N) is 2. The van der Waals surface area contributed by atoms with Gasteiger partial charge in [0.25, 0.3) is 0 Å². The Morgan fingerprint density at radius 2 is 1.85 bits per heavy atom. The van der Waals surface area contributed by atoms with E-state index in [1.807, 2.05) is 18.2 Å². The molecule has 4 nitrogen and oxygen atoms in total. The lowest BCUT2D eigenvalue weighted by atomic mass is 10.1. The maximum atomic E-state index is 4.63. The molecular formula is C16H24N4. The number of hydrogen-bond acceptors (Lipinski definition) is 4. The number of para-hydroxylation sites is 1. The summed E-state index contributed by atoms with van der Waals surface area (Å²) in [4.78, 5) is 9.19. The molecule has 0 bridgehead atoms. The minimum absolute atomic E-state index is 0.368. The van der Waals surface area contributed by atoms with Gasteiger partial charge in [0.15, 0.2) is 0 Å². The van der Waals surface area contributed by atoms with E-state index in [1.54, 1.807) is 0 Å². The van der Waals surface area contributed by atoms with E-state index in [0.29, 0.717) is 17.9 Å². The van der Waals surface area contributed by atoms with E-state index in [4.69, 9.17) is 0 Å². The molecule has 2 aromatic rings. The van der Waals surface area contributed by atoms with Crippen molar-refractivity contribution in [3.8, 4) is 0 Å². The second-order valence-electron chi connectivity index (χ2n) is 5.52. The molecule has 1 unspecified atom stereocenters. The van der Waals surface area contributed by atoms with Crippen LogP contribution >= 0.6 is 0 Å². The Labute approximate surface area is 121 Å². The highest BCUT2D eigenvalue weighted by atomic mass is 15.1. The third-order valence-electron chi connectivity index (χ3n) is 3.50. The zero-order valence-corrected chi connectivity index (χ0v) is 12.8. The van der Waals surface area contributed by atoms with Gasteiger partial charge < -0.3 is 10.6 Å². The topological polar surface area (TPSA) is 49.8 Å². The van der Waals surface area contributed by atoms with Crippen molar-refractivity contribution < 1.29 is 0 Å². The van der Waals surface area contributed by atoms with E-state index in [1.165, 1.54) is 0 Å². The molecule has 1 heterocycles. The fourth-order valence-corrected chi connectivity index (χ4v) is 1.88. The summed E-state index contributed by atoms with van der Waals surface area (Å²) in [5, 5.41) is 7.85. The first kappa shape index (κ1) is 14.6. The van der Waals surface area contributed by atoms with Crippen molar-refractivity contribution in [1.29, 1.82) is 0 Å². The third-order valence-corrected chi connectivity index (χ3v) is 3.50. The lowest BCUT2D eigenvalue weighted by Crippen LogP contribution is -2.22. The van der Waals surface area contributed by atoms with Crippen LogP contribution in [0.4, 0.5) is 11.8 Å². The first-order valence-corrected chi connectivity index (χ1v) is 7.39. The van der Waals surface area contributed by atoms with Gasteiger partial charge in [-0.25, -0.2) is 4.98 Å². The van der Waals surface area contributed by atoms with Crippen LogP contribution in [0, 0.1) is 5.92 Å². The summed E-state index contributed by atoms with van der Waals surface area (Å²) in [5.41, 5.74) is 0.972. The molecule has 2 N–H and O–H groups in total. The highest BCUT2D eigenvalue weighted by Gasteiger charge is 2.12. The molecule has 20 heavy (non-hydrogen) atoms. The van der Waals surface area contributed by atoms with E-state index in [9.17, 15) is 0 Å². The Morgan fingerprint density at radius 3 is 2.55 bits per heavy atom. The van der Waals surface area contributed by atoms with Gasteiger partial charge in [-0.1, -0.05) is 32.9 Å². The highest BCUT2D eigenvalue weighted by molar-refractivity contribution is 5.90. The van der Waals surface area contributed by atoms with Gasteiger partial charge in [0.1, 0.15) is 5.82 Å². The number of aromatic nitrogens is 2. The summed E-state index contributed by atoms with van der Waals surface area (Å²) in [7, 11) is 0. The summed E-state index contributed by atoms with van der Waals surface area (Å²) in [6, 6.07) is 8.49. The lowest BCUT2D eigenvalue weighted by molar-refractivity contribution is 0.559. The largest absolute Gasteiger partial charge is 0.367 e. The average Bonchev–Trinajstić information content (AvgIpc) is 2.45. The monoisotopic (exact) mass is 272 g/mol. The molecule has 1 aromatic carbocycles. The fourth-order valence-electron chi connectivity index (χ4n) is 1.88. The van der Waals surface area contributed by atoms with Crippen LogP contribution in [0.25, 0.3) is 10.9 Å². The van der Waals surface area contributed by atoms with Crippen LogP contribution in [0.2, 0.25) is 0 Å². The molecule has 1 aromatic heterocycles. The molecular weight excluding hydrogens is 248 g/mol. The van der Waals surface area contributed by atoms with Crippen LogP contribution in [0.1, 0.15) is 34.1 Å². The average molecular weight is 272 g/mol. The predicted octanol–water partition coefficient (Wildman–Crippen LogP) is 3.91. The molecule has 108 valence electrons. The maximum absolute atomic E-state index is 4.63. The lowest BCUT2D eigenvalue weighted by Gasteiger charge is -2.19. The second-order valence-corrected chi connectivity index (χ2v) is 5.52. The quantitative estimate of drug-likeness (QED) is 0.837. The van der Waals surface area contributed by atoms with Crippen LogP contribution in [0.3, 0.4) is 0 Å². The van der Waals surface area contributed by atoms with Gasteiger partial charge >= 0.3 is 0 Å². The van der Waals surface area contributed by atoms with E-state index in [-0.39, 0.29) is 0 Å². The molecule has 0 amide bonds. The van der Waals surface area contributed by atoms with Gasteiger partial charge in [0.05, 0.1) is 5.52 Å². The Hall–Kier alpha value is -1.84. The van der Waals surface area contributed by atoms with Gasteiger partial charge in [-0.05, 0) is 31.4 Å². The van der Waals surface area contributed by atoms with Crippen molar-refractivity contribution >= 4 is 22.7 Å². The molecule has 0 saturated heterocycles. The first-order valence-electron chi connectivity index (χ1n) is 7.39. The smallest absolute Gasteiger partial charge is 0.225 e. The molecule has 0 aliphatic rings. The second kappa shape index (κ2) is 6.55. The molecule has 0 saturated carbocycles. The van der Waals surface area contributed by atoms with E-state index in [2.05, 4.69) is 54.4 Å². The van der Waals surface area contributed by atoms with Crippen LogP contribution in [0.15, 0.2) is 24.3 Å². The highest BCUT2D eigenvalue weighted by Crippen LogP contribution is 2.23. The zero-order chi connectivity index (χ0) is 14.5. The standard InChI is InChI=1S/C16H24N4/c1-5-10-17-16-19-14-9-7-6-8-13(14)15(20-16)18-12(4)11(2)3/h6-9,11-12H,5,10H2,1-4H3,(H2,17,18,19,20). The van der Waals surface area contributed by atoms with E-state index < -0.39 is 0 Å². The van der Waals surface area contributed by atoms with Gasteiger partial charge in [0.2, 0.25) is 5.95 Å². The summed E-state index contributed by atoms with van der Waals surface area (Å²) >= 11 is 0. The minimum atomic E-state index is 0.368. The molecule has 0 fully saturated rings. The number of hydrogen-bond donors (Lipinski definition) is 2. The molecule has 0 spiro atoms. The van der Waals surface area contributed by atoms with Crippen molar-refractivity contribution in [2.24, 2.45) is 5.92 Å². The van der Waals surface area contributed by atoms with Crippen LogP contribution in [-0.2, 0) is 0 Å². The van der Waals surface area contributed by atoms with Crippen LogP contribution in [-0.4, -0.2) is 22.6 Å². The normalized spacial score (nSPS) is 12.7. The zero-order valence-electron chi connectivity index (χ0n) is 12.8. The molecule has 4 heteroatoms. The Balaban J connectivity index is 2.38. The van der Waals surface area contributed by atoms with E-state index >= 15 is 0 Å². The van der Waals surface area contributed by atoms with E-state index in [0.717, 1.165) is 29.7 Å². The number of anilines is 2. The Bertz CT molecular complexity index is 565. The summed E-state index contributed by atoms with van der Waals surface area (Å²) in [5.74, 6) is 2.16. The first-order chi connectivity index (χ1) is 9.61. The molecule has 0 radical (unpaired) electrons. The number of benzene rings is 1. The van der Waals surface area contributed by atoms with Crippen LogP contribution < -0.4 is 10.6 Å². The Morgan fingerprint density at radius 1 is 1.10 bits per heavy atom. The molecule has 1 atom stereocenters. The molecule has 0 aliphatic carbocycles. The Kier molecular flexibility index (Phi) is 4.77. The van der Waals surface area contributed by atoms with Gasteiger partial charge in [-0.15, -0.1) is 0 Å². The van der Waals surface area contributed by atoms with Crippen molar-refractivity contribution in [3.63, 3.8) is 0 Å². The van der Waals surface area contributed by atoms with Gasteiger partial charge in [-0.2, -0.15) is 4.98 Å². The predicted molar refractivity (Wildman–Crippen MR) is 86.2 cm³/mol. The van der Waals surface area contributed by atoms with Crippen molar-refractivity contribution in [3.05, 3.63) is 24.3 Å². The summed E-state index contributed by atoms with van der Waals surface area (Å²) in [6.07, 6.45) is 1.06. The maximum Gasteiger partial charge on any atom is 0.225 e. The number of fused-ring (bicyclic) bond motifs is 1.